The Morgan fingerprint density at radius 1 is 1.17 bits per heavy atom. The first-order valence-corrected chi connectivity index (χ1v) is 6.75. The zero-order valence-corrected chi connectivity index (χ0v) is 12.5. The highest BCUT2D eigenvalue weighted by molar-refractivity contribution is 9.10. The Balaban J connectivity index is 2.16. The Morgan fingerprint density at radius 2 is 1.94 bits per heavy atom. The van der Waals surface area contributed by atoms with Crippen LogP contribution in [0.25, 0.3) is 0 Å². The first-order valence-electron chi connectivity index (χ1n) is 5.96. The van der Waals surface area contributed by atoms with Gasteiger partial charge in [-0.05, 0) is 47.5 Å². The minimum absolute atomic E-state index is 0.871. The number of aryl methyl sites for hydroxylation is 2. The molecule has 0 radical (unpaired) electrons. The highest BCUT2D eigenvalue weighted by atomic mass is 79.9. The zero-order chi connectivity index (χ0) is 13.1. The Kier molecular flexibility index (Phi) is 4.02. The van der Waals surface area contributed by atoms with Crippen LogP contribution in [0.15, 0.2) is 40.9 Å². The molecule has 0 saturated heterocycles. The van der Waals surface area contributed by atoms with Gasteiger partial charge in [-0.1, -0.05) is 29.8 Å². The van der Waals surface area contributed by atoms with E-state index in [0.717, 1.165) is 22.5 Å². The largest absolute Gasteiger partial charge is 0.355 e. The molecule has 1 heterocycles. The van der Waals surface area contributed by atoms with Crippen LogP contribution >= 0.6 is 15.9 Å². The second-order valence-electron chi connectivity index (χ2n) is 4.58. The maximum Gasteiger partial charge on any atom is 0.128 e. The van der Waals surface area contributed by atoms with E-state index in [1.807, 2.05) is 19.1 Å². The average molecular weight is 305 g/mol. The van der Waals surface area contributed by atoms with Crippen LogP contribution in [0.5, 0.6) is 0 Å². The lowest BCUT2D eigenvalue weighted by Gasteiger charge is -2.19. The molecule has 0 unspecified atom stereocenters. The van der Waals surface area contributed by atoms with E-state index in [-0.39, 0.29) is 0 Å². The maximum absolute atomic E-state index is 4.57. The van der Waals surface area contributed by atoms with Crippen LogP contribution in [0.3, 0.4) is 0 Å². The van der Waals surface area contributed by atoms with E-state index in [1.54, 1.807) is 0 Å². The van der Waals surface area contributed by atoms with Gasteiger partial charge in [0.15, 0.2) is 0 Å². The highest BCUT2D eigenvalue weighted by Gasteiger charge is 2.05. The Bertz CT molecular complexity index is 552. The van der Waals surface area contributed by atoms with Gasteiger partial charge >= 0.3 is 0 Å². The monoisotopic (exact) mass is 304 g/mol. The van der Waals surface area contributed by atoms with Crippen molar-refractivity contribution in [2.24, 2.45) is 0 Å². The fourth-order valence-corrected chi connectivity index (χ4v) is 2.13. The fourth-order valence-electron chi connectivity index (χ4n) is 1.91. The lowest BCUT2D eigenvalue weighted by atomic mass is 10.1. The first-order chi connectivity index (χ1) is 8.56. The van der Waals surface area contributed by atoms with E-state index in [0.29, 0.717) is 0 Å². The van der Waals surface area contributed by atoms with Crippen molar-refractivity contribution >= 4 is 21.7 Å². The van der Waals surface area contributed by atoms with Crippen LogP contribution in [0, 0.1) is 13.8 Å². The van der Waals surface area contributed by atoms with Crippen LogP contribution in [0.1, 0.15) is 16.8 Å². The Hall–Kier alpha value is -1.35. The molecule has 0 fully saturated rings. The lowest BCUT2D eigenvalue weighted by Crippen LogP contribution is -2.18. The molecular formula is C15H17BrN2. The number of benzene rings is 1. The van der Waals surface area contributed by atoms with Gasteiger partial charge in [0.1, 0.15) is 5.82 Å². The molecule has 3 heteroatoms. The number of hydrogen-bond donors (Lipinski definition) is 0. The second-order valence-corrected chi connectivity index (χ2v) is 5.44. The minimum Gasteiger partial charge on any atom is -0.355 e. The van der Waals surface area contributed by atoms with Gasteiger partial charge in [-0.15, -0.1) is 0 Å². The predicted molar refractivity (Wildman–Crippen MR) is 80.0 cm³/mol. The van der Waals surface area contributed by atoms with Gasteiger partial charge in [0, 0.05) is 18.1 Å². The third kappa shape index (κ3) is 3.10. The summed E-state index contributed by atoms with van der Waals surface area (Å²) in [6.45, 7) is 5.00. The molecule has 0 bridgehead atoms. The molecule has 0 amide bonds. The molecule has 94 valence electrons. The molecule has 0 aliphatic rings. The molecule has 0 aliphatic carbocycles. The number of pyridine rings is 1. The van der Waals surface area contributed by atoms with E-state index in [1.165, 1.54) is 11.1 Å². The van der Waals surface area contributed by atoms with Gasteiger partial charge in [0.25, 0.3) is 0 Å². The van der Waals surface area contributed by atoms with Gasteiger partial charge < -0.3 is 4.90 Å². The SMILES string of the molecule is Cc1cccc(CN(C)c2ccc(Br)c(C)n2)c1. The molecule has 1 aromatic heterocycles. The number of anilines is 1. The van der Waals surface area contributed by atoms with Gasteiger partial charge in [0.2, 0.25) is 0 Å². The Labute approximate surface area is 117 Å². The number of nitrogens with zero attached hydrogens (tertiary/aromatic N) is 2. The number of halogens is 1. The molecule has 2 rings (SSSR count). The molecule has 18 heavy (non-hydrogen) atoms. The van der Waals surface area contributed by atoms with Crippen molar-refractivity contribution in [1.29, 1.82) is 0 Å². The standard InChI is InChI=1S/C15H17BrN2/c1-11-5-4-6-13(9-11)10-18(3)15-8-7-14(16)12(2)17-15/h4-9H,10H2,1-3H3. The lowest BCUT2D eigenvalue weighted by molar-refractivity contribution is 0.890. The quantitative estimate of drug-likeness (QED) is 0.849. The fraction of sp³-hybridized carbons (Fsp3) is 0.267. The highest BCUT2D eigenvalue weighted by Crippen LogP contribution is 2.19. The molecule has 1 aromatic carbocycles. The van der Waals surface area contributed by atoms with Crippen molar-refractivity contribution < 1.29 is 0 Å². The second kappa shape index (κ2) is 5.53. The summed E-state index contributed by atoms with van der Waals surface area (Å²) in [6.07, 6.45) is 0. The molecule has 2 nitrogen and oxygen atoms in total. The summed E-state index contributed by atoms with van der Waals surface area (Å²) in [5.41, 5.74) is 3.62. The summed E-state index contributed by atoms with van der Waals surface area (Å²) in [6, 6.07) is 12.7. The van der Waals surface area contributed by atoms with Gasteiger partial charge in [-0.3, -0.25) is 0 Å². The molecule has 0 N–H and O–H groups in total. The van der Waals surface area contributed by atoms with Crippen molar-refractivity contribution in [1.82, 2.24) is 4.98 Å². The van der Waals surface area contributed by atoms with Crippen LogP contribution in [0.2, 0.25) is 0 Å². The van der Waals surface area contributed by atoms with Gasteiger partial charge in [-0.25, -0.2) is 4.98 Å². The number of aromatic nitrogens is 1. The third-order valence-electron chi connectivity index (χ3n) is 2.90. The van der Waals surface area contributed by atoms with Crippen molar-refractivity contribution in [3.05, 3.63) is 57.7 Å². The van der Waals surface area contributed by atoms with Crippen molar-refractivity contribution in [2.45, 2.75) is 20.4 Å². The third-order valence-corrected chi connectivity index (χ3v) is 3.74. The van der Waals surface area contributed by atoms with E-state index < -0.39 is 0 Å². The minimum atomic E-state index is 0.871. The van der Waals surface area contributed by atoms with Crippen LogP contribution < -0.4 is 4.90 Å². The summed E-state index contributed by atoms with van der Waals surface area (Å²) >= 11 is 3.47. The number of hydrogen-bond acceptors (Lipinski definition) is 2. The molecule has 0 saturated carbocycles. The van der Waals surface area contributed by atoms with E-state index in [2.05, 4.69) is 64.1 Å². The van der Waals surface area contributed by atoms with E-state index in [4.69, 9.17) is 0 Å². The van der Waals surface area contributed by atoms with Crippen LogP contribution in [-0.2, 0) is 6.54 Å². The van der Waals surface area contributed by atoms with Gasteiger partial charge in [-0.2, -0.15) is 0 Å². The molecular weight excluding hydrogens is 288 g/mol. The van der Waals surface area contributed by atoms with E-state index in [9.17, 15) is 0 Å². The first kappa shape index (κ1) is 13.1. The van der Waals surface area contributed by atoms with Crippen molar-refractivity contribution in [2.75, 3.05) is 11.9 Å². The molecule has 2 aromatic rings. The predicted octanol–water partition coefficient (Wildman–Crippen LogP) is 4.10. The molecule has 0 atom stereocenters. The van der Waals surface area contributed by atoms with E-state index >= 15 is 0 Å². The topological polar surface area (TPSA) is 16.1 Å². The summed E-state index contributed by atoms with van der Waals surface area (Å²) < 4.78 is 1.05. The van der Waals surface area contributed by atoms with Crippen molar-refractivity contribution in [3.63, 3.8) is 0 Å². The summed E-state index contributed by atoms with van der Waals surface area (Å²) in [5.74, 6) is 0.997. The molecule has 0 spiro atoms. The molecule has 0 aliphatic heterocycles. The Morgan fingerprint density at radius 3 is 2.61 bits per heavy atom. The van der Waals surface area contributed by atoms with Crippen molar-refractivity contribution in [3.8, 4) is 0 Å². The van der Waals surface area contributed by atoms with Gasteiger partial charge in [0.05, 0.1) is 5.69 Å². The summed E-state index contributed by atoms with van der Waals surface area (Å²) in [5, 5.41) is 0. The van der Waals surface area contributed by atoms with Crippen LogP contribution in [-0.4, -0.2) is 12.0 Å². The zero-order valence-electron chi connectivity index (χ0n) is 10.9. The normalized spacial score (nSPS) is 10.4. The van der Waals surface area contributed by atoms with Crippen LogP contribution in [0.4, 0.5) is 5.82 Å². The summed E-state index contributed by atoms with van der Waals surface area (Å²) in [7, 11) is 2.07. The average Bonchev–Trinajstić information content (AvgIpc) is 2.32. The smallest absolute Gasteiger partial charge is 0.128 e. The maximum atomic E-state index is 4.57. The number of rotatable bonds is 3. The summed E-state index contributed by atoms with van der Waals surface area (Å²) in [4.78, 5) is 6.73.